The minimum atomic E-state index is -0.233. The molecule has 0 amide bonds. The summed E-state index contributed by atoms with van der Waals surface area (Å²) in [6.45, 7) is 2.18. The lowest BCUT2D eigenvalue weighted by Crippen LogP contribution is -2.31. The number of nitrogens with zero attached hydrogens (tertiary/aromatic N) is 3. The number of hydrogen-bond donors (Lipinski definition) is 1. The molecule has 142 valence electrons. The van der Waals surface area contributed by atoms with Crippen LogP contribution in [-0.4, -0.2) is 33.4 Å². The van der Waals surface area contributed by atoms with E-state index in [-0.39, 0.29) is 11.8 Å². The second-order valence-electron chi connectivity index (χ2n) is 6.83. The molecule has 1 aliphatic carbocycles. The molecule has 2 aliphatic rings. The number of hydrogen-bond acceptors (Lipinski definition) is 6. The van der Waals surface area contributed by atoms with Gasteiger partial charge in [-0.3, -0.25) is 4.79 Å². The van der Waals surface area contributed by atoms with Crippen LogP contribution in [0, 0.1) is 0 Å². The van der Waals surface area contributed by atoms with Crippen LogP contribution in [0.5, 0.6) is 5.75 Å². The fourth-order valence-corrected chi connectivity index (χ4v) is 4.51. The third-order valence-corrected chi connectivity index (χ3v) is 5.93. The Bertz CT molecular complexity index is 873. The Morgan fingerprint density at radius 3 is 2.85 bits per heavy atom. The number of aromatic nitrogens is 3. The number of unbranched alkanes of at least 4 members (excludes halogenated alkanes) is 1. The summed E-state index contributed by atoms with van der Waals surface area (Å²) in [5.41, 5.74) is 2.85. The third-order valence-electron chi connectivity index (χ3n) is 5.01. The van der Waals surface area contributed by atoms with Crippen molar-refractivity contribution in [2.45, 2.75) is 50.2 Å². The Morgan fingerprint density at radius 2 is 2.11 bits per heavy atom. The Labute approximate surface area is 163 Å². The molecule has 0 radical (unpaired) electrons. The highest BCUT2D eigenvalue weighted by Crippen LogP contribution is 2.40. The zero-order chi connectivity index (χ0) is 18.8. The van der Waals surface area contributed by atoms with Crippen molar-refractivity contribution in [1.29, 1.82) is 0 Å². The van der Waals surface area contributed by atoms with E-state index >= 15 is 0 Å². The number of ether oxygens (including phenoxy) is 1. The summed E-state index contributed by atoms with van der Waals surface area (Å²) in [6.07, 6.45) is 4.63. The number of nitrogens with one attached hydrogen (secondary N) is 1. The van der Waals surface area contributed by atoms with E-state index in [0.29, 0.717) is 6.42 Å². The lowest BCUT2D eigenvalue weighted by Gasteiger charge is -2.32. The maximum absolute atomic E-state index is 12.8. The van der Waals surface area contributed by atoms with Gasteiger partial charge in [0.05, 0.1) is 7.11 Å². The van der Waals surface area contributed by atoms with Crippen molar-refractivity contribution >= 4 is 23.5 Å². The number of Topliss-reactive ketones (excluding diaryl/α,β-unsaturated/α-hetero) is 1. The number of carbonyl (C=O) groups is 1. The highest BCUT2D eigenvalue weighted by molar-refractivity contribution is 7.99. The smallest absolute Gasteiger partial charge is 0.227 e. The first-order chi connectivity index (χ1) is 13.2. The molecule has 0 bridgehead atoms. The first-order valence-electron chi connectivity index (χ1n) is 9.47. The standard InChI is InChI=1S/C20H24N4O2S/c1-3-4-12-27-20-22-19-21-15-6-5-7-16(25)17(15)18(24(19)23-20)13-8-10-14(26-2)11-9-13/h8-11,18H,3-7,12H2,1-2H3,(H,21,22,23). The van der Waals surface area contributed by atoms with Crippen LogP contribution in [0.3, 0.4) is 0 Å². The molecule has 1 atom stereocenters. The predicted octanol–water partition coefficient (Wildman–Crippen LogP) is 4.20. The minimum Gasteiger partial charge on any atom is -0.497 e. The monoisotopic (exact) mass is 384 g/mol. The molecule has 1 aromatic heterocycles. The number of thioether (sulfide) groups is 1. The van der Waals surface area contributed by atoms with Crippen molar-refractivity contribution in [3.63, 3.8) is 0 Å². The summed E-state index contributed by atoms with van der Waals surface area (Å²) >= 11 is 1.67. The zero-order valence-corrected chi connectivity index (χ0v) is 16.5. The van der Waals surface area contributed by atoms with Gasteiger partial charge >= 0.3 is 0 Å². The Morgan fingerprint density at radius 1 is 1.30 bits per heavy atom. The first kappa shape index (κ1) is 18.1. The second-order valence-corrected chi connectivity index (χ2v) is 7.90. The van der Waals surface area contributed by atoms with E-state index in [1.54, 1.807) is 18.9 Å². The predicted molar refractivity (Wildman–Crippen MR) is 106 cm³/mol. The van der Waals surface area contributed by atoms with Crippen molar-refractivity contribution in [2.24, 2.45) is 0 Å². The lowest BCUT2D eigenvalue weighted by molar-refractivity contribution is -0.116. The number of rotatable bonds is 6. The fourth-order valence-electron chi connectivity index (χ4n) is 3.60. The number of ketones is 1. The summed E-state index contributed by atoms with van der Waals surface area (Å²) in [5, 5.41) is 8.87. The maximum atomic E-state index is 12.8. The van der Waals surface area contributed by atoms with Crippen LogP contribution in [0.25, 0.3) is 0 Å². The number of fused-ring (bicyclic) bond motifs is 1. The summed E-state index contributed by atoms with van der Waals surface area (Å²) in [6, 6.07) is 7.65. The van der Waals surface area contributed by atoms with Crippen molar-refractivity contribution in [3.05, 3.63) is 41.1 Å². The fraction of sp³-hybridized carbons (Fsp3) is 0.450. The Hall–Kier alpha value is -2.28. The number of carbonyl (C=O) groups excluding carboxylic acids is 1. The summed E-state index contributed by atoms with van der Waals surface area (Å²) in [7, 11) is 1.65. The van der Waals surface area contributed by atoms with Crippen LogP contribution in [0.1, 0.15) is 50.6 Å². The summed E-state index contributed by atoms with van der Waals surface area (Å²) in [4.78, 5) is 17.5. The molecular formula is C20H24N4O2S. The highest BCUT2D eigenvalue weighted by atomic mass is 32.2. The molecule has 27 heavy (non-hydrogen) atoms. The molecule has 0 saturated heterocycles. The van der Waals surface area contributed by atoms with E-state index in [4.69, 9.17) is 9.84 Å². The van der Waals surface area contributed by atoms with Crippen molar-refractivity contribution < 1.29 is 9.53 Å². The molecule has 6 nitrogen and oxygen atoms in total. The van der Waals surface area contributed by atoms with Crippen molar-refractivity contribution in [1.82, 2.24) is 14.8 Å². The summed E-state index contributed by atoms with van der Waals surface area (Å²) < 4.78 is 7.16. The van der Waals surface area contributed by atoms with Gasteiger partial charge < -0.3 is 10.1 Å². The van der Waals surface area contributed by atoms with Crippen LogP contribution in [-0.2, 0) is 4.79 Å². The van der Waals surface area contributed by atoms with E-state index in [2.05, 4.69) is 17.2 Å². The largest absolute Gasteiger partial charge is 0.497 e. The van der Waals surface area contributed by atoms with E-state index in [1.165, 1.54) is 0 Å². The van der Waals surface area contributed by atoms with Gasteiger partial charge in [0, 0.05) is 23.4 Å². The van der Waals surface area contributed by atoms with Gasteiger partial charge in [0.25, 0.3) is 0 Å². The van der Waals surface area contributed by atoms with E-state index in [9.17, 15) is 4.79 Å². The number of methoxy groups -OCH3 is 1. The molecule has 2 heterocycles. The second kappa shape index (κ2) is 7.76. The van der Waals surface area contributed by atoms with Crippen LogP contribution in [0.4, 0.5) is 5.95 Å². The zero-order valence-electron chi connectivity index (χ0n) is 15.7. The topological polar surface area (TPSA) is 69.0 Å². The molecule has 0 fully saturated rings. The SMILES string of the molecule is CCCCSc1nc2n(n1)C(c1ccc(OC)cc1)C1=C(CCCC1=O)N2. The van der Waals surface area contributed by atoms with Crippen LogP contribution < -0.4 is 10.1 Å². The number of allylic oxidation sites excluding steroid dienone is 2. The lowest BCUT2D eigenvalue weighted by atomic mass is 9.85. The maximum Gasteiger partial charge on any atom is 0.227 e. The van der Waals surface area contributed by atoms with Gasteiger partial charge in [-0.15, -0.1) is 5.10 Å². The highest BCUT2D eigenvalue weighted by Gasteiger charge is 2.36. The van der Waals surface area contributed by atoms with Crippen LogP contribution >= 0.6 is 11.8 Å². The van der Waals surface area contributed by atoms with Gasteiger partial charge in [-0.1, -0.05) is 37.2 Å². The normalized spacial score (nSPS) is 18.7. The molecule has 2 aromatic rings. The average molecular weight is 385 g/mol. The molecule has 4 rings (SSSR count). The van der Waals surface area contributed by atoms with Gasteiger partial charge in [-0.05, 0) is 37.0 Å². The molecule has 1 unspecified atom stereocenters. The molecule has 7 heteroatoms. The van der Waals surface area contributed by atoms with E-state index in [1.807, 2.05) is 28.9 Å². The molecule has 0 saturated carbocycles. The van der Waals surface area contributed by atoms with Crippen LogP contribution in [0.15, 0.2) is 40.7 Å². The van der Waals surface area contributed by atoms with Crippen LogP contribution in [0.2, 0.25) is 0 Å². The van der Waals surface area contributed by atoms with Gasteiger partial charge in [0.15, 0.2) is 5.78 Å². The van der Waals surface area contributed by atoms with Crippen molar-refractivity contribution in [3.8, 4) is 5.75 Å². The van der Waals surface area contributed by atoms with Gasteiger partial charge in [-0.2, -0.15) is 4.98 Å². The molecule has 0 spiro atoms. The molecule has 1 aromatic carbocycles. The van der Waals surface area contributed by atoms with E-state index in [0.717, 1.165) is 65.1 Å². The summed E-state index contributed by atoms with van der Waals surface area (Å²) in [5.74, 6) is 2.72. The van der Waals surface area contributed by atoms with Gasteiger partial charge in [0.1, 0.15) is 11.8 Å². The Balaban J connectivity index is 1.75. The third kappa shape index (κ3) is 3.48. The van der Waals surface area contributed by atoms with Crippen molar-refractivity contribution in [2.75, 3.05) is 18.2 Å². The van der Waals surface area contributed by atoms with E-state index < -0.39 is 0 Å². The first-order valence-corrected chi connectivity index (χ1v) is 10.5. The minimum absolute atomic E-state index is 0.200. The number of benzene rings is 1. The molecule has 1 aliphatic heterocycles. The van der Waals surface area contributed by atoms with Gasteiger partial charge in [-0.25, -0.2) is 4.68 Å². The Kier molecular flexibility index (Phi) is 5.20. The molecular weight excluding hydrogens is 360 g/mol. The number of anilines is 1. The van der Waals surface area contributed by atoms with Gasteiger partial charge in [0.2, 0.25) is 11.1 Å². The average Bonchev–Trinajstić information content (AvgIpc) is 3.09. The quantitative estimate of drug-likeness (QED) is 0.595. The molecule has 1 N–H and O–H groups in total.